The fourth-order valence-electron chi connectivity index (χ4n) is 2.71. The summed E-state index contributed by atoms with van der Waals surface area (Å²) in [4.78, 5) is 4.51. The molecule has 1 aromatic rings. The zero-order valence-electron chi connectivity index (χ0n) is 15.5. The first-order chi connectivity index (χ1) is 13.1. The molecule has 0 spiro atoms. The lowest BCUT2D eigenvalue weighted by atomic mass is 9.95. The zero-order chi connectivity index (χ0) is 19.2. The van der Waals surface area contributed by atoms with Crippen LogP contribution in [0.15, 0.2) is 53.7 Å². The molecule has 0 aromatic heterocycles. The number of fused-ring (bicyclic) bond motifs is 1. The van der Waals surface area contributed by atoms with E-state index in [-0.39, 0.29) is 0 Å². The Morgan fingerprint density at radius 2 is 2.22 bits per heavy atom. The number of nitrogens with one attached hydrogen (secondary N) is 4. The second kappa shape index (κ2) is 8.92. The van der Waals surface area contributed by atoms with Gasteiger partial charge >= 0.3 is 0 Å². The number of benzene rings is 1. The standard InChI is InChI=1S/C20H26N6S/c1-3-4-17(23-2)13-5-8-15-18(11-13)26-20(22)16(19(15)21)12-24-9-10-25-27-14-6-7-14/h3-5,8,11-12,14,21,23-25H,1,6-7,9-10H2,2H3,(H2,22,26)/b16-12+,17-4-,21-19?. The summed E-state index contributed by atoms with van der Waals surface area (Å²) in [6, 6.07) is 5.82. The number of hydrogen-bond donors (Lipinski definition) is 5. The number of allylic oxidation sites excluding steroid dienone is 2. The molecule has 0 radical (unpaired) electrons. The molecular formula is C20H26N6S. The Morgan fingerprint density at radius 3 is 2.93 bits per heavy atom. The van der Waals surface area contributed by atoms with Crippen LogP contribution in [0.25, 0.3) is 5.70 Å². The van der Waals surface area contributed by atoms with Crippen molar-refractivity contribution in [1.29, 1.82) is 5.41 Å². The normalized spacial score (nSPS) is 18.1. The highest BCUT2D eigenvalue weighted by atomic mass is 32.2. The van der Waals surface area contributed by atoms with Gasteiger partial charge in [-0.15, -0.1) is 0 Å². The molecule has 0 bridgehead atoms. The van der Waals surface area contributed by atoms with Crippen LogP contribution in [0.1, 0.15) is 24.0 Å². The SMILES string of the molecule is C=C/C=C(\NC)c1ccc2c(c1)N=C(N)/C(=C/NCCNSC1CC1)C2=N. The van der Waals surface area contributed by atoms with Gasteiger partial charge in [-0.1, -0.05) is 30.7 Å². The molecule has 1 fully saturated rings. The van der Waals surface area contributed by atoms with E-state index in [0.29, 0.717) is 22.8 Å². The monoisotopic (exact) mass is 382 g/mol. The van der Waals surface area contributed by atoms with Crippen LogP contribution in [0, 0.1) is 5.41 Å². The summed E-state index contributed by atoms with van der Waals surface area (Å²) in [5.74, 6) is 0.358. The van der Waals surface area contributed by atoms with E-state index in [1.165, 1.54) is 12.8 Å². The van der Waals surface area contributed by atoms with Gasteiger partial charge in [0.1, 0.15) is 5.84 Å². The average molecular weight is 383 g/mol. The van der Waals surface area contributed by atoms with Crippen LogP contribution in [0.3, 0.4) is 0 Å². The number of nitrogens with zero attached hydrogens (tertiary/aromatic N) is 1. The zero-order valence-corrected chi connectivity index (χ0v) is 16.3. The summed E-state index contributed by atoms with van der Waals surface area (Å²) in [6.45, 7) is 5.37. The molecule has 1 aliphatic heterocycles. The number of hydrogen-bond acceptors (Lipinski definition) is 7. The van der Waals surface area contributed by atoms with Crippen molar-refractivity contribution in [3.63, 3.8) is 0 Å². The molecule has 0 atom stereocenters. The Kier molecular flexibility index (Phi) is 6.36. The average Bonchev–Trinajstić information content (AvgIpc) is 3.48. The number of nitrogens with two attached hydrogens (primary N) is 1. The maximum atomic E-state index is 8.51. The van der Waals surface area contributed by atoms with Crippen molar-refractivity contribution in [2.75, 3.05) is 20.1 Å². The van der Waals surface area contributed by atoms with Crippen molar-refractivity contribution in [1.82, 2.24) is 15.4 Å². The molecular weight excluding hydrogens is 356 g/mol. The summed E-state index contributed by atoms with van der Waals surface area (Å²) < 4.78 is 3.35. The molecule has 6 N–H and O–H groups in total. The van der Waals surface area contributed by atoms with Crippen LogP contribution in [-0.2, 0) is 0 Å². The van der Waals surface area contributed by atoms with E-state index in [2.05, 4.69) is 26.9 Å². The van der Waals surface area contributed by atoms with E-state index in [1.807, 2.05) is 43.3 Å². The van der Waals surface area contributed by atoms with Gasteiger partial charge in [0.2, 0.25) is 0 Å². The van der Waals surface area contributed by atoms with E-state index in [0.717, 1.165) is 35.2 Å². The fourth-order valence-corrected chi connectivity index (χ4v) is 3.54. The summed E-state index contributed by atoms with van der Waals surface area (Å²) in [7, 11) is 1.86. The number of rotatable bonds is 9. The van der Waals surface area contributed by atoms with E-state index in [4.69, 9.17) is 11.1 Å². The van der Waals surface area contributed by atoms with Crippen LogP contribution in [0.2, 0.25) is 0 Å². The predicted octanol–water partition coefficient (Wildman–Crippen LogP) is 2.68. The van der Waals surface area contributed by atoms with Gasteiger partial charge in [-0.2, -0.15) is 0 Å². The van der Waals surface area contributed by atoms with Crippen LogP contribution < -0.4 is 21.1 Å². The molecule has 0 unspecified atom stereocenters. The minimum absolute atomic E-state index is 0.358. The van der Waals surface area contributed by atoms with Crippen LogP contribution in [-0.4, -0.2) is 36.9 Å². The molecule has 1 saturated carbocycles. The molecule has 1 aliphatic carbocycles. The van der Waals surface area contributed by atoms with Crippen LogP contribution in [0.4, 0.5) is 5.69 Å². The first kappa shape index (κ1) is 19.3. The second-order valence-electron chi connectivity index (χ2n) is 6.39. The van der Waals surface area contributed by atoms with Crippen molar-refractivity contribution in [3.8, 4) is 0 Å². The summed E-state index contributed by atoms with van der Waals surface area (Å²) >= 11 is 1.81. The Labute approximate surface area is 164 Å². The molecule has 6 nitrogen and oxygen atoms in total. The van der Waals surface area contributed by atoms with Crippen molar-refractivity contribution in [3.05, 3.63) is 59.8 Å². The summed E-state index contributed by atoms with van der Waals surface area (Å²) in [5.41, 5.74) is 10.5. The Hall–Kier alpha value is -2.51. The fraction of sp³-hybridized carbons (Fsp3) is 0.300. The highest BCUT2D eigenvalue weighted by Crippen LogP contribution is 2.31. The van der Waals surface area contributed by atoms with Gasteiger partial charge in [0, 0.05) is 42.8 Å². The molecule has 3 rings (SSSR count). The lowest BCUT2D eigenvalue weighted by molar-refractivity contribution is 0.809. The molecule has 7 heteroatoms. The van der Waals surface area contributed by atoms with Gasteiger partial charge in [0.25, 0.3) is 0 Å². The maximum absolute atomic E-state index is 8.51. The molecule has 1 heterocycles. The third kappa shape index (κ3) is 4.81. The summed E-state index contributed by atoms with van der Waals surface area (Å²) in [6.07, 6.45) is 8.06. The van der Waals surface area contributed by atoms with Crippen molar-refractivity contribution in [2.45, 2.75) is 18.1 Å². The minimum atomic E-state index is 0.358. The van der Waals surface area contributed by atoms with E-state index >= 15 is 0 Å². The molecule has 2 aliphatic rings. The lowest BCUT2D eigenvalue weighted by Crippen LogP contribution is -2.28. The van der Waals surface area contributed by atoms with Crippen molar-refractivity contribution in [2.24, 2.45) is 10.7 Å². The highest BCUT2D eigenvalue weighted by Gasteiger charge is 2.22. The third-order valence-corrected chi connectivity index (χ3v) is 5.49. The van der Waals surface area contributed by atoms with E-state index in [9.17, 15) is 0 Å². The quantitative estimate of drug-likeness (QED) is 0.257. The van der Waals surface area contributed by atoms with Gasteiger partial charge < -0.3 is 16.4 Å². The van der Waals surface area contributed by atoms with Crippen LogP contribution in [0.5, 0.6) is 0 Å². The van der Waals surface area contributed by atoms with Crippen LogP contribution >= 0.6 is 11.9 Å². The molecule has 1 aromatic carbocycles. The van der Waals surface area contributed by atoms with Gasteiger partial charge in [0.05, 0.1) is 17.0 Å². The van der Waals surface area contributed by atoms with Gasteiger partial charge in [0.15, 0.2) is 0 Å². The topological polar surface area (TPSA) is 98.3 Å². The minimum Gasteiger partial charge on any atom is -0.389 e. The lowest BCUT2D eigenvalue weighted by Gasteiger charge is -2.19. The van der Waals surface area contributed by atoms with Gasteiger partial charge in [-0.3, -0.25) is 10.1 Å². The number of amidine groups is 1. The maximum Gasteiger partial charge on any atom is 0.135 e. The van der Waals surface area contributed by atoms with E-state index in [1.54, 1.807) is 12.3 Å². The third-order valence-electron chi connectivity index (χ3n) is 4.31. The van der Waals surface area contributed by atoms with Crippen molar-refractivity contribution >= 4 is 34.9 Å². The molecule has 142 valence electrons. The first-order valence-corrected chi connectivity index (χ1v) is 9.92. The highest BCUT2D eigenvalue weighted by molar-refractivity contribution is 7.98. The Morgan fingerprint density at radius 1 is 1.41 bits per heavy atom. The summed E-state index contributed by atoms with van der Waals surface area (Å²) in [5, 5.41) is 15.7. The van der Waals surface area contributed by atoms with Gasteiger partial charge in [-0.05, 0) is 36.6 Å². The first-order valence-electron chi connectivity index (χ1n) is 9.04. The largest absolute Gasteiger partial charge is 0.389 e. The molecule has 0 amide bonds. The predicted molar refractivity (Wildman–Crippen MR) is 116 cm³/mol. The Balaban J connectivity index is 1.69. The number of aliphatic imine (C=N–C) groups is 1. The van der Waals surface area contributed by atoms with Gasteiger partial charge in [-0.25, -0.2) is 4.99 Å². The second-order valence-corrected chi connectivity index (χ2v) is 7.58. The molecule has 0 saturated heterocycles. The Bertz CT molecular complexity index is 820. The van der Waals surface area contributed by atoms with E-state index < -0.39 is 0 Å². The van der Waals surface area contributed by atoms with Crippen molar-refractivity contribution < 1.29 is 0 Å². The smallest absolute Gasteiger partial charge is 0.135 e. The molecule has 27 heavy (non-hydrogen) atoms.